The third kappa shape index (κ3) is 1.13. The molecule has 10 heavy (non-hydrogen) atoms. The predicted octanol–water partition coefficient (Wildman–Crippen LogP) is 0.510. The molecule has 2 radical (unpaired) electrons. The molecule has 50 valence electrons. The van der Waals surface area contributed by atoms with Gasteiger partial charge in [0.2, 0.25) is 0 Å². The van der Waals surface area contributed by atoms with E-state index in [0.717, 1.165) is 0 Å². The predicted molar refractivity (Wildman–Crippen MR) is 40.9 cm³/mol. The standard InChI is InChI=1S/C7H7BFN/c1-4-2-5(8)7(10)3-6(4)9/h2-3H,10H2,1H3. The zero-order valence-corrected chi connectivity index (χ0v) is 5.69. The Balaban J connectivity index is 3.28. The summed E-state index contributed by atoms with van der Waals surface area (Å²) in [6, 6.07) is 2.75. The molecule has 0 aliphatic carbocycles. The van der Waals surface area contributed by atoms with E-state index in [1.807, 2.05) is 0 Å². The minimum atomic E-state index is -0.313. The zero-order chi connectivity index (χ0) is 7.72. The van der Waals surface area contributed by atoms with Crippen molar-refractivity contribution in [2.45, 2.75) is 6.92 Å². The van der Waals surface area contributed by atoms with Crippen molar-refractivity contribution in [1.82, 2.24) is 0 Å². The molecular weight excluding hydrogens is 128 g/mol. The highest BCUT2D eigenvalue weighted by Crippen LogP contribution is 2.06. The molecule has 1 aromatic rings. The highest BCUT2D eigenvalue weighted by Gasteiger charge is 1.98. The molecule has 1 rings (SSSR count). The second kappa shape index (κ2) is 2.33. The molecule has 0 heterocycles. The molecule has 1 nitrogen and oxygen atoms in total. The van der Waals surface area contributed by atoms with Crippen LogP contribution in [0.5, 0.6) is 0 Å². The fourth-order valence-corrected chi connectivity index (χ4v) is 0.719. The summed E-state index contributed by atoms with van der Waals surface area (Å²) in [5.41, 5.74) is 6.57. The van der Waals surface area contributed by atoms with Gasteiger partial charge in [0.05, 0.1) is 0 Å². The van der Waals surface area contributed by atoms with E-state index in [-0.39, 0.29) is 5.82 Å². The van der Waals surface area contributed by atoms with E-state index in [9.17, 15) is 4.39 Å². The van der Waals surface area contributed by atoms with Crippen LogP contribution >= 0.6 is 0 Å². The summed E-state index contributed by atoms with van der Waals surface area (Å²) < 4.78 is 12.6. The van der Waals surface area contributed by atoms with Gasteiger partial charge in [-0.2, -0.15) is 0 Å². The first-order valence-corrected chi connectivity index (χ1v) is 2.92. The van der Waals surface area contributed by atoms with E-state index in [2.05, 4.69) is 0 Å². The Kier molecular flexibility index (Phi) is 1.66. The van der Waals surface area contributed by atoms with Crippen LogP contribution in [0.2, 0.25) is 0 Å². The van der Waals surface area contributed by atoms with Crippen molar-refractivity contribution in [2.24, 2.45) is 0 Å². The van der Waals surface area contributed by atoms with Crippen LogP contribution in [0.15, 0.2) is 12.1 Å². The van der Waals surface area contributed by atoms with E-state index in [1.165, 1.54) is 12.1 Å². The van der Waals surface area contributed by atoms with Gasteiger partial charge in [0.1, 0.15) is 13.7 Å². The molecule has 2 N–H and O–H groups in total. The quantitative estimate of drug-likeness (QED) is 0.407. The lowest BCUT2D eigenvalue weighted by atomic mass is 9.92. The normalized spacial score (nSPS) is 9.80. The third-order valence-corrected chi connectivity index (χ3v) is 1.36. The van der Waals surface area contributed by atoms with Crippen LogP contribution in [-0.2, 0) is 0 Å². The van der Waals surface area contributed by atoms with Crippen LogP contribution in [0.25, 0.3) is 0 Å². The van der Waals surface area contributed by atoms with Crippen molar-refractivity contribution < 1.29 is 4.39 Å². The lowest BCUT2D eigenvalue weighted by molar-refractivity contribution is 0.619. The molecule has 1 aromatic carbocycles. The summed E-state index contributed by atoms with van der Waals surface area (Å²) in [5, 5.41) is 0. The van der Waals surface area contributed by atoms with Gasteiger partial charge in [0.25, 0.3) is 0 Å². The van der Waals surface area contributed by atoms with Crippen molar-refractivity contribution in [1.29, 1.82) is 0 Å². The maximum atomic E-state index is 12.6. The molecule has 0 aliphatic heterocycles. The highest BCUT2D eigenvalue weighted by atomic mass is 19.1. The molecule has 3 heteroatoms. The number of aryl methyl sites for hydroxylation is 1. The summed E-state index contributed by atoms with van der Waals surface area (Å²) in [5.74, 6) is -0.313. The van der Waals surface area contributed by atoms with Gasteiger partial charge in [-0.3, -0.25) is 0 Å². The average molecular weight is 135 g/mol. The third-order valence-electron chi connectivity index (χ3n) is 1.36. The van der Waals surface area contributed by atoms with E-state index < -0.39 is 0 Å². The Morgan fingerprint density at radius 1 is 1.50 bits per heavy atom. The first kappa shape index (κ1) is 7.13. The second-order valence-corrected chi connectivity index (χ2v) is 2.23. The second-order valence-electron chi connectivity index (χ2n) is 2.23. The fourth-order valence-electron chi connectivity index (χ4n) is 0.719. The molecule has 0 aromatic heterocycles. The van der Waals surface area contributed by atoms with Crippen molar-refractivity contribution in [3.05, 3.63) is 23.5 Å². The van der Waals surface area contributed by atoms with Gasteiger partial charge < -0.3 is 5.73 Å². The first-order chi connectivity index (χ1) is 4.61. The van der Waals surface area contributed by atoms with Gasteiger partial charge >= 0.3 is 0 Å². The topological polar surface area (TPSA) is 26.0 Å². The molecule has 0 bridgehead atoms. The molecule has 0 unspecified atom stereocenters. The average Bonchev–Trinajstić information content (AvgIpc) is 1.84. The van der Waals surface area contributed by atoms with Crippen LogP contribution in [0.4, 0.5) is 10.1 Å². The monoisotopic (exact) mass is 135 g/mol. The van der Waals surface area contributed by atoms with Gasteiger partial charge in [-0.05, 0) is 18.6 Å². The first-order valence-electron chi connectivity index (χ1n) is 2.92. The number of halogens is 1. The van der Waals surface area contributed by atoms with E-state index >= 15 is 0 Å². The van der Waals surface area contributed by atoms with E-state index in [0.29, 0.717) is 16.7 Å². The van der Waals surface area contributed by atoms with Crippen LogP contribution in [0.3, 0.4) is 0 Å². The van der Waals surface area contributed by atoms with Crippen molar-refractivity contribution in [3.63, 3.8) is 0 Å². The summed E-state index contributed by atoms with van der Waals surface area (Å²) in [6.45, 7) is 1.64. The molecular formula is C7H7BFN. The van der Waals surface area contributed by atoms with E-state index in [1.54, 1.807) is 6.92 Å². The lowest BCUT2D eigenvalue weighted by Crippen LogP contribution is -2.10. The number of anilines is 1. The zero-order valence-electron chi connectivity index (χ0n) is 5.69. The smallest absolute Gasteiger partial charge is 0.128 e. The Morgan fingerprint density at radius 3 is 2.60 bits per heavy atom. The summed E-state index contributed by atoms with van der Waals surface area (Å²) >= 11 is 0. The molecule has 0 amide bonds. The number of nitrogen functional groups attached to an aromatic ring is 1. The number of benzene rings is 1. The Labute approximate surface area is 60.5 Å². The van der Waals surface area contributed by atoms with Gasteiger partial charge in [-0.15, -0.1) is 0 Å². The van der Waals surface area contributed by atoms with Crippen molar-refractivity contribution in [2.75, 3.05) is 5.73 Å². The fraction of sp³-hybridized carbons (Fsp3) is 0.143. The number of hydrogen-bond donors (Lipinski definition) is 1. The Morgan fingerprint density at radius 2 is 2.10 bits per heavy atom. The summed E-state index contributed by atoms with van der Waals surface area (Å²) in [7, 11) is 5.40. The summed E-state index contributed by atoms with van der Waals surface area (Å²) in [4.78, 5) is 0. The highest BCUT2D eigenvalue weighted by molar-refractivity contribution is 6.35. The molecule has 0 spiro atoms. The SMILES string of the molecule is [B]c1cc(C)c(F)cc1N. The Hall–Kier alpha value is -0.985. The van der Waals surface area contributed by atoms with Crippen LogP contribution in [-0.4, -0.2) is 7.85 Å². The number of rotatable bonds is 0. The summed E-state index contributed by atoms with van der Waals surface area (Å²) in [6.07, 6.45) is 0. The van der Waals surface area contributed by atoms with Gasteiger partial charge in [-0.25, -0.2) is 4.39 Å². The lowest BCUT2D eigenvalue weighted by Gasteiger charge is -2.01. The van der Waals surface area contributed by atoms with Crippen LogP contribution in [0, 0.1) is 12.7 Å². The Bertz CT molecular complexity index is 210. The van der Waals surface area contributed by atoms with Crippen molar-refractivity contribution >= 4 is 19.0 Å². The van der Waals surface area contributed by atoms with Crippen LogP contribution < -0.4 is 11.2 Å². The minimum Gasteiger partial charge on any atom is -0.399 e. The van der Waals surface area contributed by atoms with Gasteiger partial charge in [0, 0.05) is 5.69 Å². The van der Waals surface area contributed by atoms with Crippen LogP contribution in [0.1, 0.15) is 5.56 Å². The number of hydrogen-bond acceptors (Lipinski definition) is 1. The van der Waals surface area contributed by atoms with Crippen molar-refractivity contribution in [3.8, 4) is 0 Å². The van der Waals surface area contributed by atoms with Gasteiger partial charge in [0.15, 0.2) is 0 Å². The largest absolute Gasteiger partial charge is 0.399 e. The maximum absolute atomic E-state index is 12.6. The number of nitrogens with two attached hydrogens (primary N) is 1. The maximum Gasteiger partial charge on any atom is 0.128 e. The molecule has 0 fully saturated rings. The van der Waals surface area contributed by atoms with E-state index in [4.69, 9.17) is 13.6 Å². The minimum absolute atomic E-state index is 0.295. The molecule has 0 aliphatic rings. The molecule has 0 atom stereocenters. The molecule has 0 saturated heterocycles. The van der Waals surface area contributed by atoms with Gasteiger partial charge in [-0.1, -0.05) is 11.5 Å². The molecule has 0 saturated carbocycles.